The van der Waals surface area contributed by atoms with E-state index in [1.165, 1.54) is 0 Å². The lowest BCUT2D eigenvalue weighted by atomic mass is 10.1. The largest absolute Gasteiger partial charge is 0.392 e. The van der Waals surface area contributed by atoms with Crippen LogP contribution in [0, 0.1) is 0 Å². The first-order valence-electron chi connectivity index (χ1n) is 6.63. The van der Waals surface area contributed by atoms with E-state index in [0.29, 0.717) is 18.4 Å². The molecule has 1 aromatic rings. The molecule has 1 amide bonds. The number of fused-ring (bicyclic) bond motifs is 1. The van der Waals surface area contributed by atoms with Gasteiger partial charge in [-0.25, -0.2) is 0 Å². The number of carbonyl (C=O) groups is 1. The van der Waals surface area contributed by atoms with Crippen LogP contribution in [-0.2, 0) is 11.4 Å². The molecular weight excluding hydrogens is 308 g/mol. The SMILES string of the molecule is O=C1CCC2CN(c3ccc(CO)c(Br)c3)CCN12. The van der Waals surface area contributed by atoms with Crippen molar-refractivity contribution in [2.75, 3.05) is 24.5 Å². The van der Waals surface area contributed by atoms with Gasteiger partial charge >= 0.3 is 0 Å². The Morgan fingerprint density at radius 2 is 2.21 bits per heavy atom. The van der Waals surface area contributed by atoms with Crippen LogP contribution in [0.3, 0.4) is 0 Å². The molecular formula is C14H17BrN2O2. The zero-order valence-electron chi connectivity index (χ0n) is 10.7. The highest BCUT2D eigenvalue weighted by Gasteiger charge is 2.35. The lowest BCUT2D eigenvalue weighted by Gasteiger charge is -2.39. The van der Waals surface area contributed by atoms with Gasteiger partial charge in [0.25, 0.3) is 0 Å². The fraction of sp³-hybridized carbons (Fsp3) is 0.500. The minimum absolute atomic E-state index is 0.0474. The van der Waals surface area contributed by atoms with Gasteiger partial charge in [-0.1, -0.05) is 22.0 Å². The summed E-state index contributed by atoms with van der Waals surface area (Å²) < 4.78 is 0.942. The molecule has 2 saturated heterocycles. The Kier molecular flexibility index (Phi) is 3.50. The van der Waals surface area contributed by atoms with Crippen LogP contribution in [0.25, 0.3) is 0 Å². The summed E-state index contributed by atoms with van der Waals surface area (Å²) >= 11 is 3.49. The molecule has 1 aromatic carbocycles. The van der Waals surface area contributed by atoms with Crippen molar-refractivity contribution in [2.24, 2.45) is 0 Å². The number of rotatable bonds is 2. The van der Waals surface area contributed by atoms with E-state index in [2.05, 4.69) is 26.9 Å². The smallest absolute Gasteiger partial charge is 0.223 e. The van der Waals surface area contributed by atoms with E-state index in [9.17, 15) is 9.90 Å². The Morgan fingerprint density at radius 3 is 2.95 bits per heavy atom. The maximum Gasteiger partial charge on any atom is 0.223 e. The predicted molar refractivity (Wildman–Crippen MR) is 77.0 cm³/mol. The topological polar surface area (TPSA) is 43.8 Å². The average molecular weight is 325 g/mol. The molecule has 19 heavy (non-hydrogen) atoms. The zero-order chi connectivity index (χ0) is 13.4. The molecule has 0 bridgehead atoms. The second-order valence-electron chi connectivity index (χ2n) is 5.16. The highest BCUT2D eigenvalue weighted by molar-refractivity contribution is 9.10. The van der Waals surface area contributed by atoms with E-state index in [0.717, 1.165) is 41.8 Å². The molecule has 1 N–H and O–H groups in total. The number of benzene rings is 1. The van der Waals surface area contributed by atoms with E-state index >= 15 is 0 Å². The van der Waals surface area contributed by atoms with Crippen molar-refractivity contribution in [1.82, 2.24) is 4.90 Å². The summed E-state index contributed by atoms with van der Waals surface area (Å²) in [6, 6.07) is 6.42. The normalized spacial score (nSPS) is 22.8. The van der Waals surface area contributed by atoms with Crippen LogP contribution < -0.4 is 4.90 Å². The van der Waals surface area contributed by atoms with Gasteiger partial charge in [-0.2, -0.15) is 0 Å². The lowest BCUT2D eigenvalue weighted by Crippen LogP contribution is -2.51. The van der Waals surface area contributed by atoms with Crippen molar-refractivity contribution in [2.45, 2.75) is 25.5 Å². The number of amides is 1. The third-order valence-electron chi connectivity index (χ3n) is 4.07. The van der Waals surface area contributed by atoms with Crippen molar-refractivity contribution in [3.8, 4) is 0 Å². The Labute approximate surface area is 121 Å². The van der Waals surface area contributed by atoms with Crippen LogP contribution in [0.15, 0.2) is 22.7 Å². The van der Waals surface area contributed by atoms with E-state index in [1.54, 1.807) is 0 Å². The van der Waals surface area contributed by atoms with Gasteiger partial charge in [0.15, 0.2) is 0 Å². The number of aliphatic hydroxyl groups excluding tert-OH is 1. The van der Waals surface area contributed by atoms with Gasteiger partial charge in [0.05, 0.1) is 6.61 Å². The Balaban J connectivity index is 1.77. The lowest BCUT2D eigenvalue weighted by molar-refractivity contribution is -0.129. The highest BCUT2D eigenvalue weighted by atomic mass is 79.9. The molecule has 5 heteroatoms. The molecule has 102 valence electrons. The maximum absolute atomic E-state index is 11.7. The van der Waals surface area contributed by atoms with Gasteiger partial charge in [-0.3, -0.25) is 4.79 Å². The van der Waals surface area contributed by atoms with Crippen LogP contribution in [0.2, 0.25) is 0 Å². The van der Waals surface area contributed by atoms with Crippen molar-refractivity contribution < 1.29 is 9.90 Å². The number of anilines is 1. The number of nitrogens with zero attached hydrogens (tertiary/aromatic N) is 2. The molecule has 1 unspecified atom stereocenters. The molecule has 0 radical (unpaired) electrons. The first-order valence-corrected chi connectivity index (χ1v) is 7.42. The minimum Gasteiger partial charge on any atom is -0.392 e. The summed E-state index contributed by atoms with van der Waals surface area (Å²) in [6.45, 7) is 2.67. The van der Waals surface area contributed by atoms with E-state index in [4.69, 9.17) is 0 Å². The maximum atomic E-state index is 11.7. The van der Waals surface area contributed by atoms with Gasteiger partial charge in [0.2, 0.25) is 5.91 Å². The first-order chi connectivity index (χ1) is 9.19. The van der Waals surface area contributed by atoms with Crippen molar-refractivity contribution in [3.63, 3.8) is 0 Å². The van der Waals surface area contributed by atoms with E-state index in [1.807, 2.05) is 17.0 Å². The number of hydrogen-bond acceptors (Lipinski definition) is 3. The number of piperazine rings is 1. The van der Waals surface area contributed by atoms with Gasteiger partial charge in [0, 0.05) is 42.3 Å². The summed E-state index contributed by atoms with van der Waals surface area (Å²) in [6.07, 6.45) is 1.68. The first kappa shape index (κ1) is 12.9. The van der Waals surface area contributed by atoms with Crippen molar-refractivity contribution in [3.05, 3.63) is 28.2 Å². The number of carbonyl (C=O) groups excluding carboxylic acids is 1. The second-order valence-corrected chi connectivity index (χ2v) is 6.01. The quantitative estimate of drug-likeness (QED) is 0.901. The molecule has 3 rings (SSSR count). The average Bonchev–Trinajstić information content (AvgIpc) is 2.80. The summed E-state index contributed by atoms with van der Waals surface area (Å²) in [7, 11) is 0. The fourth-order valence-electron chi connectivity index (χ4n) is 2.96. The zero-order valence-corrected chi connectivity index (χ0v) is 12.3. The Morgan fingerprint density at radius 1 is 1.37 bits per heavy atom. The molecule has 1 atom stereocenters. The predicted octanol–water partition coefficient (Wildman–Crippen LogP) is 1.75. The summed E-state index contributed by atoms with van der Waals surface area (Å²) in [5.74, 6) is 0.307. The number of hydrogen-bond donors (Lipinski definition) is 1. The van der Waals surface area contributed by atoms with Gasteiger partial charge in [-0.15, -0.1) is 0 Å². The third-order valence-corrected chi connectivity index (χ3v) is 4.80. The standard InChI is InChI=1S/C14H17BrN2O2/c15-13-7-11(2-1-10(13)9-18)16-5-6-17-12(8-16)3-4-14(17)19/h1-2,7,12,18H,3-6,8-9H2. The van der Waals surface area contributed by atoms with Gasteiger partial charge in [-0.05, 0) is 24.1 Å². The minimum atomic E-state index is 0.0474. The van der Waals surface area contributed by atoms with Gasteiger partial charge in [0.1, 0.15) is 0 Å². The molecule has 0 aromatic heterocycles. The molecule has 0 saturated carbocycles. The highest BCUT2D eigenvalue weighted by Crippen LogP contribution is 2.29. The number of halogens is 1. The van der Waals surface area contributed by atoms with Crippen LogP contribution in [0.4, 0.5) is 5.69 Å². The fourth-order valence-corrected chi connectivity index (χ4v) is 3.45. The monoisotopic (exact) mass is 324 g/mol. The molecule has 4 nitrogen and oxygen atoms in total. The molecule has 2 aliphatic rings. The molecule has 2 fully saturated rings. The van der Waals surface area contributed by atoms with E-state index in [-0.39, 0.29) is 6.61 Å². The van der Waals surface area contributed by atoms with Crippen LogP contribution in [-0.4, -0.2) is 41.6 Å². The number of aliphatic hydroxyl groups is 1. The van der Waals surface area contributed by atoms with E-state index < -0.39 is 0 Å². The van der Waals surface area contributed by atoms with Crippen LogP contribution >= 0.6 is 15.9 Å². The summed E-state index contributed by atoms with van der Waals surface area (Å²) in [5, 5.41) is 9.18. The summed E-state index contributed by atoms with van der Waals surface area (Å²) in [5.41, 5.74) is 2.06. The molecule has 2 heterocycles. The van der Waals surface area contributed by atoms with Crippen LogP contribution in [0.5, 0.6) is 0 Å². The molecule has 0 aliphatic carbocycles. The third kappa shape index (κ3) is 2.37. The second kappa shape index (κ2) is 5.13. The van der Waals surface area contributed by atoms with Gasteiger partial charge < -0.3 is 14.9 Å². The summed E-state index contributed by atoms with van der Waals surface area (Å²) in [4.78, 5) is 16.0. The molecule has 0 spiro atoms. The molecule has 2 aliphatic heterocycles. The van der Waals surface area contributed by atoms with Crippen molar-refractivity contribution >= 4 is 27.5 Å². The Bertz CT molecular complexity index is 506. The van der Waals surface area contributed by atoms with Crippen molar-refractivity contribution in [1.29, 1.82) is 0 Å². The van der Waals surface area contributed by atoms with Crippen LogP contribution in [0.1, 0.15) is 18.4 Å². The Hall–Kier alpha value is -1.07.